The number of rotatable bonds is 6. The molecule has 0 aromatic rings. The molecular weight excluding hydrogens is 148 g/mol. The van der Waals surface area contributed by atoms with Crippen LogP contribution >= 0.6 is 11.6 Å². The molecule has 0 aliphatic heterocycles. The molecule has 0 aromatic heterocycles. The summed E-state index contributed by atoms with van der Waals surface area (Å²) in [7, 11) is 0. The molecule has 0 saturated carbocycles. The topological polar surface area (TPSA) is 9.23 Å². The van der Waals surface area contributed by atoms with Gasteiger partial charge in [-0.2, -0.15) is 0 Å². The van der Waals surface area contributed by atoms with Crippen LogP contribution in [0, 0.1) is 0 Å². The Hall–Kier alpha value is 0.250. The second-order valence-corrected chi connectivity index (χ2v) is 2.96. The Morgan fingerprint density at radius 3 is 2.60 bits per heavy atom. The average molecular weight is 165 g/mol. The summed E-state index contributed by atoms with van der Waals surface area (Å²) in [5, 5.41) is 0.348. The maximum absolute atomic E-state index is 5.89. The van der Waals surface area contributed by atoms with Gasteiger partial charge in [0.25, 0.3) is 0 Å². The first-order valence-electron chi connectivity index (χ1n) is 4.03. The van der Waals surface area contributed by atoms with Gasteiger partial charge < -0.3 is 4.74 Å². The Kier molecular flexibility index (Phi) is 7.54. The van der Waals surface area contributed by atoms with Crippen molar-refractivity contribution in [1.82, 2.24) is 0 Å². The van der Waals surface area contributed by atoms with Crippen LogP contribution in [0.4, 0.5) is 0 Å². The smallest absolute Gasteiger partial charge is 0.0466 e. The molecule has 0 spiro atoms. The maximum Gasteiger partial charge on any atom is 0.0466 e. The first-order valence-corrected chi connectivity index (χ1v) is 4.46. The van der Waals surface area contributed by atoms with Gasteiger partial charge in [-0.05, 0) is 26.2 Å². The highest BCUT2D eigenvalue weighted by Crippen LogP contribution is 2.08. The number of alkyl halides is 1. The van der Waals surface area contributed by atoms with Crippen molar-refractivity contribution in [3.8, 4) is 0 Å². The van der Waals surface area contributed by atoms with Crippen LogP contribution in [0.15, 0.2) is 0 Å². The summed E-state index contributed by atoms with van der Waals surface area (Å²) in [6.45, 7) is 5.80. The van der Waals surface area contributed by atoms with Gasteiger partial charge in [-0.25, -0.2) is 0 Å². The zero-order chi connectivity index (χ0) is 7.82. The van der Waals surface area contributed by atoms with E-state index in [1.54, 1.807) is 0 Å². The van der Waals surface area contributed by atoms with Gasteiger partial charge in [0.05, 0.1) is 0 Å². The lowest BCUT2D eigenvalue weighted by atomic mass is 10.2. The average Bonchev–Trinajstić information content (AvgIpc) is 1.98. The monoisotopic (exact) mass is 164 g/mol. The molecule has 0 aliphatic carbocycles. The summed E-state index contributed by atoms with van der Waals surface area (Å²) in [5.74, 6) is 0. The van der Waals surface area contributed by atoms with Crippen molar-refractivity contribution < 1.29 is 4.74 Å². The molecule has 1 atom stereocenters. The molecule has 0 radical (unpaired) electrons. The van der Waals surface area contributed by atoms with Gasteiger partial charge in [0.15, 0.2) is 0 Å². The number of halogens is 1. The first kappa shape index (κ1) is 10.2. The van der Waals surface area contributed by atoms with Gasteiger partial charge in [-0.3, -0.25) is 0 Å². The molecule has 10 heavy (non-hydrogen) atoms. The van der Waals surface area contributed by atoms with Gasteiger partial charge in [0.1, 0.15) is 0 Å². The Balaban J connectivity index is 2.89. The van der Waals surface area contributed by atoms with E-state index in [0.717, 1.165) is 32.5 Å². The maximum atomic E-state index is 5.89. The molecule has 0 amide bonds. The van der Waals surface area contributed by atoms with Crippen molar-refractivity contribution in [2.45, 2.75) is 38.5 Å². The molecule has 62 valence electrons. The van der Waals surface area contributed by atoms with Crippen LogP contribution in [-0.2, 0) is 4.74 Å². The Morgan fingerprint density at radius 2 is 2.10 bits per heavy atom. The molecule has 2 heteroatoms. The van der Waals surface area contributed by atoms with Crippen molar-refractivity contribution in [1.29, 1.82) is 0 Å². The van der Waals surface area contributed by atoms with E-state index in [9.17, 15) is 0 Å². The minimum absolute atomic E-state index is 0.348. The third-order valence-corrected chi connectivity index (χ3v) is 1.98. The lowest BCUT2D eigenvalue weighted by Gasteiger charge is -2.04. The molecule has 0 heterocycles. The molecule has 0 saturated heterocycles. The summed E-state index contributed by atoms with van der Waals surface area (Å²) < 4.78 is 5.17. The van der Waals surface area contributed by atoms with E-state index in [0.29, 0.717) is 5.38 Å². The predicted molar refractivity (Wildman–Crippen MR) is 45.7 cm³/mol. The fourth-order valence-electron chi connectivity index (χ4n) is 0.755. The minimum atomic E-state index is 0.348. The normalized spacial score (nSPS) is 13.5. The highest BCUT2D eigenvalue weighted by molar-refractivity contribution is 6.20. The minimum Gasteiger partial charge on any atom is -0.382 e. The summed E-state index contributed by atoms with van der Waals surface area (Å²) in [6, 6.07) is 0. The van der Waals surface area contributed by atoms with E-state index in [2.05, 4.69) is 6.92 Å². The van der Waals surface area contributed by atoms with Crippen LogP contribution in [0.1, 0.15) is 33.1 Å². The zero-order valence-electron chi connectivity index (χ0n) is 6.90. The summed E-state index contributed by atoms with van der Waals surface area (Å²) in [6.07, 6.45) is 3.24. The number of hydrogen-bond donors (Lipinski definition) is 0. The molecule has 1 nitrogen and oxygen atoms in total. The van der Waals surface area contributed by atoms with E-state index in [4.69, 9.17) is 16.3 Å². The second-order valence-electron chi connectivity index (χ2n) is 2.34. The zero-order valence-corrected chi connectivity index (χ0v) is 7.66. The third-order valence-electron chi connectivity index (χ3n) is 1.45. The Morgan fingerprint density at radius 1 is 1.40 bits per heavy atom. The summed E-state index contributed by atoms with van der Waals surface area (Å²) in [4.78, 5) is 0. The standard InChI is InChI=1S/C8H17ClO/c1-3-8(9)6-5-7-10-4-2/h8H,3-7H2,1-2H3. The fourth-order valence-corrected chi connectivity index (χ4v) is 0.910. The largest absolute Gasteiger partial charge is 0.382 e. The van der Waals surface area contributed by atoms with Gasteiger partial charge in [-0.15, -0.1) is 11.6 Å². The third kappa shape index (κ3) is 6.37. The van der Waals surface area contributed by atoms with Gasteiger partial charge in [0.2, 0.25) is 0 Å². The Labute approximate surface area is 68.7 Å². The molecule has 0 bridgehead atoms. The van der Waals surface area contributed by atoms with E-state index < -0.39 is 0 Å². The van der Waals surface area contributed by atoms with Crippen LogP contribution in [0.3, 0.4) is 0 Å². The molecule has 0 N–H and O–H groups in total. The molecule has 0 aromatic carbocycles. The number of ether oxygens (including phenoxy) is 1. The summed E-state index contributed by atoms with van der Waals surface area (Å²) in [5.41, 5.74) is 0. The van der Waals surface area contributed by atoms with E-state index in [-0.39, 0.29) is 0 Å². The van der Waals surface area contributed by atoms with E-state index in [1.165, 1.54) is 0 Å². The lowest BCUT2D eigenvalue weighted by Crippen LogP contribution is -2.00. The van der Waals surface area contributed by atoms with Crippen LogP contribution in [0.25, 0.3) is 0 Å². The van der Waals surface area contributed by atoms with E-state index in [1.807, 2.05) is 6.92 Å². The molecule has 1 unspecified atom stereocenters. The first-order chi connectivity index (χ1) is 4.81. The molecule has 0 rings (SSSR count). The SMILES string of the molecule is CCOCCCC(Cl)CC. The highest BCUT2D eigenvalue weighted by atomic mass is 35.5. The quantitative estimate of drug-likeness (QED) is 0.434. The van der Waals surface area contributed by atoms with E-state index >= 15 is 0 Å². The molecule has 0 fully saturated rings. The predicted octanol–water partition coefficient (Wildman–Crippen LogP) is 2.82. The Bertz CT molecular complexity index is 66.3. The second kappa shape index (κ2) is 7.36. The van der Waals surface area contributed by atoms with Crippen LogP contribution in [-0.4, -0.2) is 18.6 Å². The van der Waals surface area contributed by atoms with Crippen molar-refractivity contribution in [3.05, 3.63) is 0 Å². The van der Waals surface area contributed by atoms with Crippen molar-refractivity contribution in [2.75, 3.05) is 13.2 Å². The number of hydrogen-bond acceptors (Lipinski definition) is 1. The van der Waals surface area contributed by atoms with Crippen LogP contribution in [0.5, 0.6) is 0 Å². The van der Waals surface area contributed by atoms with Crippen LogP contribution in [0.2, 0.25) is 0 Å². The lowest BCUT2D eigenvalue weighted by molar-refractivity contribution is 0.143. The molecular formula is C8H17ClO. The fraction of sp³-hybridized carbons (Fsp3) is 1.00. The van der Waals surface area contributed by atoms with Gasteiger partial charge in [0, 0.05) is 18.6 Å². The highest BCUT2D eigenvalue weighted by Gasteiger charge is 1.99. The van der Waals surface area contributed by atoms with Gasteiger partial charge in [-0.1, -0.05) is 6.92 Å². The van der Waals surface area contributed by atoms with Crippen molar-refractivity contribution in [3.63, 3.8) is 0 Å². The van der Waals surface area contributed by atoms with Crippen molar-refractivity contribution in [2.24, 2.45) is 0 Å². The van der Waals surface area contributed by atoms with Gasteiger partial charge >= 0.3 is 0 Å². The summed E-state index contributed by atoms with van der Waals surface area (Å²) >= 11 is 5.89. The molecule has 0 aliphatic rings. The van der Waals surface area contributed by atoms with Crippen molar-refractivity contribution >= 4 is 11.6 Å². The van der Waals surface area contributed by atoms with Crippen LogP contribution < -0.4 is 0 Å².